The van der Waals surface area contributed by atoms with Crippen molar-refractivity contribution in [3.63, 3.8) is 0 Å². The Balaban J connectivity index is 1.90. The maximum absolute atomic E-state index is 12.1. The van der Waals surface area contributed by atoms with Crippen LogP contribution in [-0.4, -0.2) is 18.0 Å². The van der Waals surface area contributed by atoms with Gasteiger partial charge in [-0.25, -0.2) is 6.57 Å². The van der Waals surface area contributed by atoms with Crippen molar-refractivity contribution < 1.29 is 4.79 Å². The molecule has 0 aromatic heterocycles. The molecule has 1 aromatic carbocycles. The predicted octanol–water partition coefficient (Wildman–Crippen LogP) is 2.97. The molecule has 100 valence electrons. The van der Waals surface area contributed by atoms with Crippen LogP contribution in [0.5, 0.6) is 0 Å². The first kappa shape index (κ1) is 13.6. The van der Waals surface area contributed by atoms with Crippen LogP contribution >= 0.6 is 0 Å². The second-order valence-electron chi connectivity index (χ2n) is 5.18. The zero-order valence-corrected chi connectivity index (χ0v) is 11.1. The van der Waals surface area contributed by atoms with E-state index in [4.69, 9.17) is 6.57 Å². The molecule has 0 saturated heterocycles. The molecule has 1 N–H and O–H groups in total. The molecule has 0 heterocycles. The lowest BCUT2D eigenvalue weighted by Gasteiger charge is -2.22. The lowest BCUT2D eigenvalue weighted by molar-refractivity contribution is -0.122. The summed E-state index contributed by atoms with van der Waals surface area (Å²) in [5.74, 6) is -0.106. The third kappa shape index (κ3) is 4.10. The Bertz CT molecular complexity index is 444. The number of rotatable bonds is 4. The number of nitrogens with one attached hydrogen (secondary N) is 1. The lowest BCUT2D eigenvalue weighted by Crippen LogP contribution is -2.41. The van der Waals surface area contributed by atoms with Crippen molar-refractivity contribution in [3.8, 4) is 0 Å². The molecule has 1 unspecified atom stereocenters. The number of hydrogen-bond donors (Lipinski definition) is 1. The Morgan fingerprint density at radius 1 is 1.26 bits per heavy atom. The van der Waals surface area contributed by atoms with Gasteiger partial charge in [0, 0.05) is 6.04 Å². The molecule has 2 rings (SSSR count). The zero-order chi connectivity index (χ0) is 13.5. The molecule has 3 heteroatoms. The highest BCUT2D eigenvalue weighted by molar-refractivity contribution is 5.84. The Hall–Kier alpha value is -1.82. The fourth-order valence-corrected chi connectivity index (χ4v) is 2.58. The summed E-state index contributed by atoms with van der Waals surface area (Å²) < 4.78 is 0. The summed E-state index contributed by atoms with van der Waals surface area (Å²) in [6.07, 6.45) is 6.26. The minimum atomic E-state index is -0.593. The summed E-state index contributed by atoms with van der Waals surface area (Å²) in [5.41, 5.74) is 1.04. The molecular formula is C16H20N2O. The van der Waals surface area contributed by atoms with Gasteiger partial charge >= 0.3 is 11.9 Å². The summed E-state index contributed by atoms with van der Waals surface area (Å²) in [4.78, 5) is 15.6. The summed E-state index contributed by atoms with van der Waals surface area (Å²) in [6.45, 7) is 7.22. The van der Waals surface area contributed by atoms with Crippen molar-refractivity contribution in [2.45, 2.75) is 50.6 Å². The van der Waals surface area contributed by atoms with E-state index in [2.05, 4.69) is 10.2 Å². The summed E-state index contributed by atoms with van der Waals surface area (Å²) >= 11 is 0. The maximum atomic E-state index is 12.1. The third-order valence-electron chi connectivity index (χ3n) is 3.68. The molecule has 19 heavy (non-hydrogen) atoms. The average Bonchev–Trinajstić information content (AvgIpc) is 2.47. The Morgan fingerprint density at radius 2 is 1.95 bits per heavy atom. The van der Waals surface area contributed by atoms with Crippen molar-refractivity contribution in [1.82, 2.24) is 5.32 Å². The van der Waals surface area contributed by atoms with Gasteiger partial charge in [-0.15, -0.1) is 0 Å². The quantitative estimate of drug-likeness (QED) is 0.826. The smallest absolute Gasteiger partial charge is 0.304 e. The minimum Gasteiger partial charge on any atom is -0.347 e. The zero-order valence-electron chi connectivity index (χ0n) is 11.1. The predicted molar refractivity (Wildman–Crippen MR) is 75.6 cm³/mol. The highest BCUT2D eigenvalue weighted by atomic mass is 16.2. The van der Waals surface area contributed by atoms with Crippen LogP contribution in [0.3, 0.4) is 0 Å². The molecule has 3 nitrogen and oxygen atoms in total. The van der Waals surface area contributed by atoms with Gasteiger partial charge < -0.3 is 10.2 Å². The van der Waals surface area contributed by atoms with Gasteiger partial charge in [0.25, 0.3) is 0 Å². The molecule has 0 aliphatic heterocycles. The van der Waals surface area contributed by atoms with Crippen LogP contribution in [0.4, 0.5) is 0 Å². The molecule has 1 aliphatic rings. The van der Waals surface area contributed by atoms with Crippen molar-refractivity contribution in [2.24, 2.45) is 0 Å². The van der Waals surface area contributed by atoms with Crippen LogP contribution in [0.25, 0.3) is 4.85 Å². The number of amides is 1. The van der Waals surface area contributed by atoms with Crippen LogP contribution in [-0.2, 0) is 11.2 Å². The van der Waals surface area contributed by atoms with E-state index in [1.54, 1.807) is 0 Å². The van der Waals surface area contributed by atoms with E-state index >= 15 is 0 Å². The van der Waals surface area contributed by atoms with E-state index in [0.717, 1.165) is 18.4 Å². The van der Waals surface area contributed by atoms with Gasteiger partial charge in [-0.3, -0.25) is 4.79 Å². The van der Waals surface area contributed by atoms with Crippen LogP contribution in [0, 0.1) is 6.57 Å². The molecule has 1 saturated carbocycles. The van der Waals surface area contributed by atoms with Gasteiger partial charge in [0.1, 0.15) is 0 Å². The third-order valence-corrected chi connectivity index (χ3v) is 3.68. The van der Waals surface area contributed by atoms with Gasteiger partial charge in [0.2, 0.25) is 0 Å². The highest BCUT2D eigenvalue weighted by Crippen LogP contribution is 2.18. The standard InChI is InChI=1S/C16H20N2O/c1-17-15(12-13-8-4-2-5-9-13)16(19)18-14-10-6-3-7-11-14/h2,4-5,8-9,14-15H,3,6-7,10-12H2,(H,18,19). The largest absolute Gasteiger partial charge is 0.347 e. The first-order valence-corrected chi connectivity index (χ1v) is 7.00. The van der Waals surface area contributed by atoms with E-state index in [-0.39, 0.29) is 11.9 Å². The fourth-order valence-electron chi connectivity index (χ4n) is 2.58. The second kappa shape index (κ2) is 6.94. The Kier molecular flexibility index (Phi) is 4.97. The Morgan fingerprint density at radius 3 is 2.58 bits per heavy atom. The van der Waals surface area contributed by atoms with Crippen molar-refractivity contribution in [1.29, 1.82) is 0 Å². The molecule has 0 bridgehead atoms. The van der Waals surface area contributed by atoms with Crippen LogP contribution in [0.15, 0.2) is 30.3 Å². The number of carbonyl (C=O) groups is 1. The number of nitrogens with zero attached hydrogens (tertiary/aromatic N) is 1. The van der Waals surface area contributed by atoms with Gasteiger partial charge in [0.05, 0.1) is 6.42 Å². The van der Waals surface area contributed by atoms with Crippen LogP contribution < -0.4 is 5.32 Å². The first-order valence-electron chi connectivity index (χ1n) is 7.00. The second-order valence-corrected chi connectivity index (χ2v) is 5.18. The van der Waals surface area contributed by atoms with Crippen molar-refractivity contribution >= 4 is 5.91 Å². The van der Waals surface area contributed by atoms with Gasteiger partial charge in [0.15, 0.2) is 0 Å². The van der Waals surface area contributed by atoms with E-state index < -0.39 is 6.04 Å². The van der Waals surface area contributed by atoms with E-state index in [1.807, 2.05) is 30.3 Å². The molecule has 0 spiro atoms. The van der Waals surface area contributed by atoms with E-state index in [9.17, 15) is 4.79 Å². The van der Waals surface area contributed by atoms with Crippen LogP contribution in [0.1, 0.15) is 37.7 Å². The summed E-state index contributed by atoms with van der Waals surface area (Å²) in [7, 11) is 0. The van der Waals surface area contributed by atoms with E-state index in [1.165, 1.54) is 19.3 Å². The topological polar surface area (TPSA) is 33.5 Å². The van der Waals surface area contributed by atoms with E-state index in [0.29, 0.717) is 6.42 Å². The first-order chi connectivity index (χ1) is 9.29. The Labute approximate surface area is 114 Å². The molecule has 0 radical (unpaired) electrons. The molecule has 1 amide bonds. The lowest BCUT2D eigenvalue weighted by atomic mass is 9.95. The van der Waals surface area contributed by atoms with Gasteiger partial charge in [-0.2, -0.15) is 0 Å². The normalized spacial score (nSPS) is 17.4. The summed E-state index contributed by atoms with van der Waals surface area (Å²) in [6, 6.07) is 9.44. The molecule has 1 atom stereocenters. The van der Waals surface area contributed by atoms with Gasteiger partial charge in [-0.05, 0) is 18.4 Å². The fraction of sp³-hybridized carbons (Fsp3) is 0.500. The average molecular weight is 256 g/mol. The minimum absolute atomic E-state index is 0.106. The molecule has 1 fully saturated rings. The molecular weight excluding hydrogens is 236 g/mol. The van der Waals surface area contributed by atoms with Gasteiger partial charge in [-0.1, -0.05) is 49.6 Å². The highest BCUT2D eigenvalue weighted by Gasteiger charge is 2.26. The monoisotopic (exact) mass is 256 g/mol. The number of benzene rings is 1. The summed E-state index contributed by atoms with van der Waals surface area (Å²) in [5, 5.41) is 3.04. The SMILES string of the molecule is [C-]#[N+]C(Cc1ccccc1)C(=O)NC1CCCCC1. The maximum Gasteiger partial charge on any atom is 0.304 e. The number of hydrogen-bond acceptors (Lipinski definition) is 1. The molecule has 1 aliphatic carbocycles. The molecule has 1 aromatic rings. The number of carbonyl (C=O) groups excluding carboxylic acids is 1. The van der Waals surface area contributed by atoms with Crippen LogP contribution in [0.2, 0.25) is 0 Å². The van der Waals surface area contributed by atoms with Crippen molar-refractivity contribution in [2.75, 3.05) is 0 Å². The van der Waals surface area contributed by atoms with Crippen molar-refractivity contribution in [3.05, 3.63) is 47.3 Å².